The molecule has 26 heavy (non-hydrogen) atoms. The van der Waals surface area contributed by atoms with Crippen LogP contribution >= 0.6 is 11.3 Å². The molecule has 2 heterocycles. The fourth-order valence-corrected chi connectivity index (χ4v) is 3.83. The van der Waals surface area contributed by atoms with Gasteiger partial charge in [0.15, 0.2) is 6.10 Å². The summed E-state index contributed by atoms with van der Waals surface area (Å²) in [7, 11) is 0. The van der Waals surface area contributed by atoms with E-state index in [1.54, 1.807) is 22.4 Å². The van der Waals surface area contributed by atoms with Gasteiger partial charge in [0.1, 0.15) is 6.61 Å². The Kier molecular flexibility index (Phi) is 6.00. The highest BCUT2D eigenvalue weighted by Gasteiger charge is 2.42. The summed E-state index contributed by atoms with van der Waals surface area (Å²) in [5, 5.41) is 5.83. The average Bonchev–Trinajstić information content (AvgIpc) is 3.15. The number of nitrogens with zero attached hydrogens (tertiary/aromatic N) is 2. The minimum absolute atomic E-state index is 0.0257. The van der Waals surface area contributed by atoms with Gasteiger partial charge in [0.25, 0.3) is 5.91 Å². The van der Waals surface area contributed by atoms with Crippen LogP contribution in [0, 0.1) is 0 Å². The number of amides is 2. The molecule has 2 atom stereocenters. The van der Waals surface area contributed by atoms with Gasteiger partial charge in [0.2, 0.25) is 5.91 Å². The molecule has 2 aromatic rings. The Balaban J connectivity index is 1.76. The fraction of sp³-hybridized carbons (Fsp3) is 0.421. The van der Waals surface area contributed by atoms with Crippen molar-refractivity contribution in [3.63, 3.8) is 0 Å². The average molecular weight is 373 g/mol. The molecule has 1 aromatic carbocycles. The van der Waals surface area contributed by atoms with Gasteiger partial charge in [-0.25, -0.2) is 4.98 Å². The minimum Gasteiger partial charge on any atom is -0.356 e. The summed E-state index contributed by atoms with van der Waals surface area (Å²) in [4.78, 5) is 31.2. The van der Waals surface area contributed by atoms with E-state index < -0.39 is 12.1 Å². The molecule has 1 aliphatic rings. The van der Waals surface area contributed by atoms with E-state index in [1.165, 1.54) is 0 Å². The molecule has 1 aliphatic heterocycles. The molecule has 1 aromatic heterocycles. The standard InChI is InChI=1S/C19H23N3O3S/c1-13(2)22-16(23)12-25-18(17(22)14-6-4-3-5-7-14)19(24)21-9-8-15-20-10-11-26-15/h3-7,10-11,13,17-18H,8-9,12H2,1-2H3,(H,21,24)/t17-,18+/m1/s1. The Morgan fingerprint density at radius 1 is 1.38 bits per heavy atom. The molecular weight excluding hydrogens is 350 g/mol. The lowest BCUT2D eigenvalue weighted by Gasteiger charge is -2.42. The molecule has 2 amide bonds. The van der Waals surface area contributed by atoms with Crippen molar-refractivity contribution in [1.82, 2.24) is 15.2 Å². The molecule has 0 aliphatic carbocycles. The molecular formula is C19H23N3O3S. The van der Waals surface area contributed by atoms with Crippen molar-refractivity contribution in [2.45, 2.75) is 38.5 Å². The van der Waals surface area contributed by atoms with Crippen LogP contribution < -0.4 is 5.32 Å². The van der Waals surface area contributed by atoms with Gasteiger partial charge in [0, 0.05) is 30.6 Å². The summed E-state index contributed by atoms with van der Waals surface area (Å²) in [6.45, 7) is 4.32. The largest absolute Gasteiger partial charge is 0.356 e. The molecule has 0 bridgehead atoms. The van der Waals surface area contributed by atoms with Gasteiger partial charge in [0.05, 0.1) is 11.0 Å². The maximum Gasteiger partial charge on any atom is 0.251 e. The van der Waals surface area contributed by atoms with Crippen molar-refractivity contribution in [2.24, 2.45) is 0 Å². The van der Waals surface area contributed by atoms with Crippen LogP contribution in [0.3, 0.4) is 0 Å². The van der Waals surface area contributed by atoms with Gasteiger partial charge < -0.3 is 15.0 Å². The number of carbonyl (C=O) groups is 2. The summed E-state index contributed by atoms with van der Waals surface area (Å²) in [5.74, 6) is -0.297. The van der Waals surface area contributed by atoms with Gasteiger partial charge in [-0.05, 0) is 19.4 Å². The number of rotatable bonds is 6. The molecule has 1 N–H and O–H groups in total. The molecule has 1 fully saturated rings. The maximum atomic E-state index is 12.8. The molecule has 138 valence electrons. The van der Waals surface area contributed by atoms with Crippen molar-refractivity contribution < 1.29 is 14.3 Å². The van der Waals surface area contributed by atoms with E-state index in [4.69, 9.17) is 4.74 Å². The van der Waals surface area contributed by atoms with E-state index in [-0.39, 0.29) is 24.5 Å². The number of morpholine rings is 1. The molecule has 0 spiro atoms. The summed E-state index contributed by atoms with van der Waals surface area (Å²) in [6, 6.07) is 9.13. The van der Waals surface area contributed by atoms with Crippen LogP contribution in [0.4, 0.5) is 0 Å². The summed E-state index contributed by atoms with van der Waals surface area (Å²) in [6.07, 6.45) is 1.71. The lowest BCUT2D eigenvalue weighted by Crippen LogP contribution is -2.56. The van der Waals surface area contributed by atoms with Gasteiger partial charge in [-0.15, -0.1) is 11.3 Å². The van der Waals surface area contributed by atoms with E-state index in [0.29, 0.717) is 13.0 Å². The fourth-order valence-electron chi connectivity index (χ4n) is 3.21. The second kappa shape index (κ2) is 8.42. The highest BCUT2D eigenvalue weighted by atomic mass is 32.1. The molecule has 1 saturated heterocycles. The zero-order valence-electron chi connectivity index (χ0n) is 14.9. The van der Waals surface area contributed by atoms with E-state index in [9.17, 15) is 9.59 Å². The van der Waals surface area contributed by atoms with Crippen LogP contribution in [-0.4, -0.2) is 47.0 Å². The van der Waals surface area contributed by atoms with Crippen LogP contribution in [-0.2, 0) is 20.7 Å². The Bertz CT molecular complexity index is 734. The van der Waals surface area contributed by atoms with Gasteiger partial charge >= 0.3 is 0 Å². The molecule has 0 radical (unpaired) electrons. The normalized spacial score (nSPS) is 20.4. The van der Waals surface area contributed by atoms with E-state index in [1.807, 2.05) is 49.6 Å². The quantitative estimate of drug-likeness (QED) is 0.842. The predicted molar refractivity (Wildman–Crippen MR) is 99.7 cm³/mol. The van der Waals surface area contributed by atoms with E-state index in [0.717, 1.165) is 10.6 Å². The zero-order valence-corrected chi connectivity index (χ0v) is 15.7. The number of benzene rings is 1. The van der Waals surface area contributed by atoms with E-state index >= 15 is 0 Å². The number of carbonyl (C=O) groups excluding carboxylic acids is 2. The molecule has 0 saturated carbocycles. The zero-order chi connectivity index (χ0) is 18.5. The lowest BCUT2D eigenvalue weighted by molar-refractivity contribution is -0.167. The van der Waals surface area contributed by atoms with Gasteiger partial charge in [-0.3, -0.25) is 9.59 Å². The smallest absolute Gasteiger partial charge is 0.251 e. The Hall–Kier alpha value is -2.25. The first-order valence-electron chi connectivity index (χ1n) is 8.71. The van der Waals surface area contributed by atoms with Crippen molar-refractivity contribution in [3.8, 4) is 0 Å². The second-order valence-electron chi connectivity index (χ2n) is 6.45. The summed E-state index contributed by atoms with van der Waals surface area (Å²) < 4.78 is 5.67. The monoisotopic (exact) mass is 373 g/mol. The Morgan fingerprint density at radius 3 is 2.81 bits per heavy atom. The SMILES string of the molecule is CC(C)N1C(=O)CO[C@H](C(=O)NCCc2nccs2)[C@H]1c1ccccc1. The molecule has 7 heteroatoms. The number of nitrogens with one attached hydrogen (secondary N) is 1. The topological polar surface area (TPSA) is 71.5 Å². The highest BCUT2D eigenvalue weighted by molar-refractivity contribution is 7.09. The first-order chi connectivity index (χ1) is 12.6. The van der Waals surface area contributed by atoms with Crippen molar-refractivity contribution in [1.29, 1.82) is 0 Å². The van der Waals surface area contributed by atoms with Gasteiger partial charge in [-0.2, -0.15) is 0 Å². The predicted octanol–water partition coefficient (Wildman–Crippen LogP) is 2.18. The summed E-state index contributed by atoms with van der Waals surface area (Å²) >= 11 is 1.57. The van der Waals surface area contributed by atoms with Crippen molar-refractivity contribution in [2.75, 3.05) is 13.2 Å². The van der Waals surface area contributed by atoms with Crippen LogP contribution in [0.5, 0.6) is 0 Å². The third-order valence-corrected chi connectivity index (χ3v) is 5.18. The van der Waals surface area contributed by atoms with Crippen molar-refractivity contribution >= 4 is 23.2 Å². The Morgan fingerprint density at radius 2 is 2.15 bits per heavy atom. The highest BCUT2D eigenvalue weighted by Crippen LogP contribution is 2.32. The number of ether oxygens (including phenoxy) is 1. The third kappa shape index (κ3) is 4.11. The van der Waals surface area contributed by atoms with Crippen LogP contribution in [0.1, 0.15) is 30.5 Å². The molecule has 6 nitrogen and oxygen atoms in total. The second-order valence-corrected chi connectivity index (χ2v) is 7.43. The summed E-state index contributed by atoms with van der Waals surface area (Å²) in [5.41, 5.74) is 0.898. The molecule has 0 unspecified atom stereocenters. The first-order valence-corrected chi connectivity index (χ1v) is 9.59. The van der Waals surface area contributed by atoms with E-state index in [2.05, 4.69) is 10.3 Å². The van der Waals surface area contributed by atoms with Crippen LogP contribution in [0.2, 0.25) is 0 Å². The van der Waals surface area contributed by atoms with Crippen LogP contribution in [0.25, 0.3) is 0 Å². The lowest BCUT2D eigenvalue weighted by atomic mass is 9.96. The number of thiazole rings is 1. The number of aromatic nitrogens is 1. The number of hydrogen-bond donors (Lipinski definition) is 1. The Labute approximate surface area is 157 Å². The minimum atomic E-state index is -0.728. The maximum absolute atomic E-state index is 12.8. The van der Waals surface area contributed by atoms with Crippen molar-refractivity contribution in [3.05, 3.63) is 52.5 Å². The van der Waals surface area contributed by atoms with Gasteiger partial charge in [-0.1, -0.05) is 30.3 Å². The van der Waals surface area contributed by atoms with Crippen LogP contribution in [0.15, 0.2) is 41.9 Å². The number of hydrogen-bond acceptors (Lipinski definition) is 5. The molecule has 3 rings (SSSR count). The first kappa shape index (κ1) is 18.5. The third-order valence-electron chi connectivity index (χ3n) is 4.34.